The SMILES string of the molecule is C[C@]12CC[C@H]3[C@@H]([C@@H](N)CC4CC(O)C=C[C@@]43C)[C@@H]1C=C[C@@H]2O. The molecule has 2 fully saturated rings. The molecule has 0 aliphatic heterocycles. The Balaban J connectivity index is 1.73. The maximum absolute atomic E-state index is 10.4. The van der Waals surface area contributed by atoms with Crippen LogP contribution >= 0.6 is 0 Å². The van der Waals surface area contributed by atoms with Gasteiger partial charge in [-0.1, -0.05) is 38.2 Å². The first kappa shape index (κ1) is 14.9. The molecular formula is C19H29NO2. The van der Waals surface area contributed by atoms with Crippen LogP contribution in [-0.2, 0) is 0 Å². The monoisotopic (exact) mass is 303 g/mol. The topological polar surface area (TPSA) is 66.5 Å². The molecule has 22 heavy (non-hydrogen) atoms. The fourth-order valence-electron chi connectivity index (χ4n) is 6.28. The van der Waals surface area contributed by atoms with Crippen molar-refractivity contribution in [3.8, 4) is 0 Å². The number of aliphatic hydroxyl groups is 2. The largest absolute Gasteiger partial charge is 0.389 e. The quantitative estimate of drug-likeness (QED) is 0.601. The lowest BCUT2D eigenvalue weighted by molar-refractivity contribution is -0.100. The van der Waals surface area contributed by atoms with Gasteiger partial charge in [0.1, 0.15) is 0 Å². The minimum Gasteiger partial charge on any atom is -0.389 e. The van der Waals surface area contributed by atoms with Gasteiger partial charge in [-0.05, 0) is 54.8 Å². The van der Waals surface area contributed by atoms with Crippen molar-refractivity contribution in [2.24, 2.45) is 40.2 Å². The van der Waals surface area contributed by atoms with Crippen molar-refractivity contribution in [2.45, 2.75) is 57.8 Å². The van der Waals surface area contributed by atoms with Crippen LogP contribution in [-0.4, -0.2) is 28.5 Å². The summed E-state index contributed by atoms with van der Waals surface area (Å²) in [5.74, 6) is 1.91. The molecule has 0 radical (unpaired) electrons. The maximum atomic E-state index is 10.4. The smallest absolute Gasteiger partial charge is 0.0780 e. The van der Waals surface area contributed by atoms with E-state index >= 15 is 0 Å². The van der Waals surface area contributed by atoms with Gasteiger partial charge in [-0.3, -0.25) is 0 Å². The van der Waals surface area contributed by atoms with Crippen LogP contribution in [0.2, 0.25) is 0 Å². The van der Waals surface area contributed by atoms with Crippen LogP contribution in [0.25, 0.3) is 0 Å². The van der Waals surface area contributed by atoms with Gasteiger partial charge in [0, 0.05) is 11.5 Å². The molecule has 3 heteroatoms. The molecule has 4 aliphatic carbocycles. The van der Waals surface area contributed by atoms with Crippen LogP contribution in [0.3, 0.4) is 0 Å². The third kappa shape index (κ3) is 1.79. The van der Waals surface area contributed by atoms with E-state index in [4.69, 9.17) is 5.73 Å². The molecule has 4 aliphatic rings. The first-order valence-electron chi connectivity index (χ1n) is 8.85. The number of aliphatic hydroxyl groups excluding tert-OH is 2. The molecule has 0 bridgehead atoms. The number of hydrogen-bond acceptors (Lipinski definition) is 3. The normalized spacial score (nSPS) is 59.8. The molecule has 9 atom stereocenters. The van der Waals surface area contributed by atoms with Gasteiger partial charge in [-0.15, -0.1) is 0 Å². The minimum atomic E-state index is -0.320. The molecule has 2 unspecified atom stereocenters. The summed E-state index contributed by atoms with van der Waals surface area (Å²) in [6.07, 6.45) is 11.9. The summed E-state index contributed by atoms with van der Waals surface area (Å²) >= 11 is 0. The van der Waals surface area contributed by atoms with Crippen molar-refractivity contribution < 1.29 is 10.2 Å². The number of rotatable bonds is 0. The van der Waals surface area contributed by atoms with Crippen LogP contribution < -0.4 is 5.73 Å². The average Bonchev–Trinajstić information content (AvgIpc) is 2.77. The lowest BCUT2D eigenvalue weighted by Crippen LogP contribution is -2.60. The molecule has 122 valence electrons. The number of fused-ring (bicyclic) bond motifs is 5. The number of nitrogens with two attached hydrogens (primary N) is 1. The zero-order chi connectivity index (χ0) is 15.7. The molecule has 0 amide bonds. The van der Waals surface area contributed by atoms with Crippen molar-refractivity contribution in [1.29, 1.82) is 0 Å². The van der Waals surface area contributed by atoms with Gasteiger partial charge in [0.15, 0.2) is 0 Å². The summed E-state index contributed by atoms with van der Waals surface area (Å²) in [5, 5.41) is 20.4. The number of allylic oxidation sites excluding steroid dienone is 2. The summed E-state index contributed by atoms with van der Waals surface area (Å²) < 4.78 is 0. The molecular weight excluding hydrogens is 274 g/mol. The van der Waals surface area contributed by atoms with Crippen LogP contribution in [0.1, 0.15) is 39.5 Å². The van der Waals surface area contributed by atoms with Gasteiger partial charge in [-0.2, -0.15) is 0 Å². The van der Waals surface area contributed by atoms with Crippen LogP contribution in [0.4, 0.5) is 0 Å². The molecule has 0 aromatic carbocycles. The fourth-order valence-corrected chi connectivity index (χ4v) is 6.28. The van der Waals surface area contributed by atoms with Crippen molar-refractivity contribution in [3.05, 3.63) is 24.3 Å². The summed E-state index contributed by atoms with van der Waals surface area (Å²) in [4.78, 5) is 0. The molecule has 0 aromatic heterocycles. The van der Waals surface area contributed by atoms with E-state index in [1.165, 1.54) is 0 Å². The Morgan fingerprint density at radius 2 is 1.86 bits per heavy atom. The van der Waals surface area contributed by atoms with Gasteiger partial charge < -0.3 is 15.9 Å². The molecule has 0 heterocycles. The minimum absolute atomic E-state index is 0.0279. The predicted molar refractivity (Wildman–Crippen MR) is 86.9 cm³/mol. The molecule has 2 saturated carbocycles. The summed E-state index contributed by atoms with van der Waals surface area (Å²) in [7, 11) is 0. The Morgan fingerprint density at radius 1 is 1.09 bits per heavy atom. The van der Waals surface area contributed by atoms with Crippen LogP contribution in [0.5, 0.6) is 0 Å². The molecule has 4 rings (SSSR count). The van der Waals surface area contributed by atoms with E-state index in [9.17, 15) is 10.2 Å². The van der Waals surface area contributed by atoms with Gasteiger partial charge >= 0.3 is 0 Å². The number of hydrogen-bond donors (Lipinski definition) is 3. The van der Waals surface area contributed by atoms with Gasteiger partial charge in [0.05, 0.1) is 12.2 Å². The van der Waals surface area contributed by atoms with Crippen molar-refractivity contribution in [1.82, 2.24) is 0 Å². The highest BCUT2D eigenvalue weighted by atomic mass is 16.3. The van der Waals surface area contributed by atoms with Crippen LogP contribution in [0, 0.1) is 34.5 Å². The van der Waals surface area contributed by atoms with Gasteiger partial charge in [0.25, 0.3) is 0 Å². The third-order valence-corrected chi connectivity index (χ3v) is 7.74. The standard InChI is InChI=1S/C19H29NO2/c1-18-7-5-12(21)9-11(18)10-15(20)17-13-3-4-16(22)19(13,2)8-6-14(17)18/h3-5,7,11-17,21-22H,6,8-10,20H2,1-2H3/t11?,12?,13-,14-,15-,16-,17-,18-,19-/m0/s1. The summed E-state index contributed by atoms with van der Waals surface area (Å²) in [5.41, 5.74) is 6.77. The first-order chi connectivity index (χ1) is 10.4. The zero-order valence-corrected chi connectivity index (χ0v) is 13.7. The Labute approximate surface area is 133 Å². The van der Waals surface area contributed by atoms with Crippen molar-refractivity contribution in [2.75, 3.05) is 0 Å². The molecule has 4 N–H and O–H groups in total. The molecule has 0 saturated heterocycles. The third-order valence-electron chi connectivity index (χ3n) is 7.74. The van der Waals surface area contributed by atoms with E-state index < -0.39 is 0 Å². The fraction of sp³-hybridized carbons (Fsp3) is 0.789. The highest BCUT2D eigenvalue weighted by Gasteiger charge is 2.60. The Hall–Kier alpha value is -0.640. The second-order valence-corrected chi connectivity index (χ2v) is 8.71. The lowest BCUT2D eigenvalue weighted by Gasteiger charge is -2.60. The van der Waals surface area contributed by atoms with E-state index in [0.29, 0.717) is 23.7 Å². The van der Waals surface area contributed by atoms with Crippen molar-refractivity contribution in [3.63, 3.8) is 0 Å². The predicted octanol–water partition coefficient (Wildman–Crippen LogP) is 2.24. The molecule has 3 nitrogen and oxygen atoms in total. The Bertz CT molecular complexity index is 530. The first-order valence-corrected chi connectivity index (χ1v) is 8.85. The average molecular weight is 303 g/mol. The van der Waals surface area contributed by atoms with Crippen molar-refractivity contribution >= 4 is 0 Å². The molecule has 0 spiro atoms. The summed E-state index contributed by atoms with van der Waals surface area (Å²) in [6, 6.07) is 0.182. The Kier molecular flexibility index (Phi) is 3.18. The van der Waals surface area contributed by atoms with E-state index in [1.54, 1.807) is 0 Å². The lowest BCUT2D eigenvalue weighted by atomic mass is 9.45. The second kappa shape index (κ2) is 4.68. The zero-order valence-electron chi connectivity index (χ0n) is 13.7. The van der Waals surface area contributed by atoms with Gasteiger partial charge in [-0.25, -0.2) is 0 Å². The second-order valence-electron chi connectivity index (χ2n) is 8.71. The highest BCUT2D eigenvalue weighted by molar-refractivity contribution is 5.24. The molecule has 0 aromatic rings. The van der Waals surface area contributed by atoms with E-state index in [0.717, 1.165) is 25.7 Å². The van der Waals surface area contributed by atoms with Gasteiger partial charge in [0.2, 0.25) is 0 Å². The van der Waals surface area contributed by atoms with E-state index in [2.05, 4.69) is 26.0 Å². The van der Waals surface area contributed by atoms with E-state index in [-0.39, 0.29) is 29.1 Å². The Morgan fingerprint density at radius 3 is 2.64 bits per heavy atom. The highest BCUT2D eigenvalue weighted by Crippen LogP contribution is 2.63. The summed E-state index contributed by atoms with van der Waals surface area (Å²) in [6.45, 7) is 4.61. The van der Waals surface area contributed by atoms with E-state index in [1.807, 2.05) is 12.2 Å². The van der Waals surface area contributed by atoms with Crippen LogP contribution in [0.15, 0.2) is 24.3 Å². The maximum Gasteiger partial charge on any atom is 0.0780 e.